The zero-order valence-corrected chi connectivity index (χ0v) is 44.2. The third kappa shape index (κ3) is 21.9. The van der Waals surface area contributed by atoms with Crippen LogP contribution in [-0.2, 0) is 64.3 Å². The molecule has 13 heteroatoms. The summed E-state index contributed by atoms with van der Waals surface area (Å²) in [5.41, 5.74) is 5.15. The fraction of sp³-hybridized carbons (Fsp3) is 0.312. The van der Waals surface area contributed by atoms with E-state index in [9.17, 15) is 24.9 Å². The second kappa shape index (κ2) is 35.4. The van der Waals surface area contributed by atoms with E-state index in [0.717, 1.165) is 22.3 Å². The molecule has 6 aromatic rings. The highest BCUT2D eigenvalue weighted by Crippen LogP contribution is 2.30. The van der Waals surface area contributed by atoms with Crippen LogP contribution in [-0.4, -0.2) is 104 Å². The van der Waals surface area contributed by atoms with Crippen LogP contribution in [0.1, 0.15) is 56.8 Å². The van der Waals surface area contributed by atoms with E-state index in [2.05, 4.69) is 6.58 Å². The largest absolute Gasteiger partial charge is 0.458 e. The molecule has 7 rings (SSSR count). The molecule has 1 saturated heterocycles. The van der Waals surface area contributed by atoms with Gasteiger partial charge < -0.3 is 53.2 Å². The lowest BCUT2D eigenvalue weighted by Crippen LogP contribution is -2.42. The molecule has 0 bridgehead atoms. The summed E-state index contributed by atoms with van der Waals surface area (Å²) < 4.78 is 45.2. The zero-order chi connectivity index (χ0) is 54.9. The second-order valence-electron chi connectivity index (χ2n) is 18.0. The molecule has 1 aliphatic rings. The highest BCUT2D eigenvalue weighted by molar-refractivity contribution is 5.89. The molecule has 0 unspecified atom stereocenters. The van der Waals surface area contributed by atoms with Gasteiger partial charge >= 0.3 is 11.9 Å². The molecular weight excluding hydrogens is 977 g/mol. The van der Waals surface area contributed by atoms with Crippen molar-refractivity contribution in [3.8, 4) is 0 Å². The molecule has 0 spiro atoms. The Kier molecular flexibility index (Phi) is 28.1. The maximum absolute atomic E-state index is 12.2. The highest BCUT2D eigenvalue weighted by atomic mass is 16.7. The first-order valence-corrected chi connectivity index (χ1v) is 25.7. The summed E-state index contributed by atoms with van der Waals surface area (Å²) in [7, 11) is 1.59. The summed E-state index contributed by atoms with van der Waals surface area (Å²) in [5.74, 6) is -0.502. The van der Waals surface area contributed by atoms with Gasteiger partial charge in [0.1, 0.15) is 37.6 Å². The number of hydrogen-bond acceptors (Lipinski definition) is 13. The van der Waals surface area contributed by atoms with Crippen molar-refractivity contribution in [2.24, 2.45) is 11.8 Å². The van der Waals surface area contributed by atoms with Crippen molar-refractivity contribution in [1.29, 1.82) is 0 Å². The van der Waals surface area contributed by atoms with Crippen molar-refractivity contribution >= 4 is 11.9 Å². The predicted octanol–water partition coefficient (Wildman–Crippen LogP) is 10.3. The minimum atomic E-state index is -1.17. The number of esters is 2. The van der Waals surface area contributed by atoms with Crippen LogP contribution in [0.25, 0.3) is 0 Å². The SMILES string of the molecule is C=C[C@H](OCc1ccccc1)[C@H](C)/C=C\COC(=O)c1ccccc1.CO[C@H]1O[C@@H](CO)[C@H](C)[C@@H]1OCc1ccccc1.O=C(OC/C=C\[C@@H](OCc1ccccc1)[C@@H](OCc1ccccc1)[C@@H](O)CO)c1ccccc1. The summed E-state index contributed by atoms with van der Waals surface area (Å²) in [6, 6.07) is 56.9. The predicted molar refractivity (Wildman–Crippen MR) is 296 cm³/mol. The van der Waals surface area contributed by atoms with Crippen molar-refractivity contribution in [3.05, 3.63) is 252 Å². The van der Waals surface area contributed by atoms with E-state index in [0.29, 0.717) is 24.3 Å². The van der Waals surface area contributed by atoms with Crippen molar-refractivity contribution in [1.82, 2.24) is 0 Å². The second-order valence-corrected chi connectivity index (χ2v) is 18.0. The van der Waals surface area contributed by atoms with Gasteiger partial charge in [0.25, 0.3) is 0 Å². The molecule has 0 amide bonds. The number of aliphatic hydroxyl groups is 3. The lowest BCUT2D eigenvalue weighted by Gasteiger charge is -2.28. The smallest absolute Gasteiger partial charge is 0.338 e. The molecular formula is C64H74O13. The summed E-state index contributed by atoms with van der Waals surface area (Å²) in [6.45, 7) is 9.26. The number of carbonyl (C=O) groups is 2. The van der Waals surface area contributed by atoms with Gasteiger partial charge in [-0.05, 0) is 52.6 Å². The van der Waals surface area contributed by atoms with Crippen LogP contribution in [0.5, 0.6) is 0 Å². The molecule has 1 fully saturated rings. The fourth-order valence-corrected chi connectivity index (χ4v) is 7.88. The van der Waals surface area contributed by atoms with Crippen LogP contribution >= 0.6 is 0 Å². The van der Waals surface area contributed by atoms with Crippen LogP contribution in [0, 0.1) is 11.8 Å². The summed E-state index contributed by atoms with van der Waals surface area (Å²) in [5, 5.41) is 29.3. The van der Waals surface area contributed by atoms with Crippen LogP contribution in [0.3, 0.4) is 0 Å². The Morgan fingerprint density at radius 3 is 1.40 bits per heavy atom. The van der Waals surface area contributed by atoms with Gasteiger partial charge in [-0.3, -0.25) is 0 Å². The molecule has 0 saturated carbocycles. The van der Waals surface area contributed by atoms with Gasteiger partial charge in [-0.15, -0.1) is 6.58 Å². The van der Waals surface area contributed by atoms with Gasteiger partial charge in [0.15, 0.2) is 6.29 Å². The normalized spacial score (nSPS) is 17.9. The first kappa shape index (κ1) is 61.0. The average molecular weight is 1050 g/mol. The van der Waals surface area contributed by atoms with Crippen molar-refractivity contribution < 1.29 is 62.8 Å². The number of ether oxygens (including phenoxy) is 8. The Morgan fingerprint density at radius 2 is 0.987 bits per heavy atom. The first-order chi connectivity index (χ1) is 37.6. The third-order valence-electron chi connectivity index (χ3n) is 12.3. The third-order valence-corrected chi connectivity index (χ3v) is 12.3. The zero-order valence-electron chi connectivity index (χ0n) is 44.2. The molecule has 1 aliphatic heterocycles. The first-order valence-electron chi connectivity index (χ1n) is 25.7. The Morgan fingerprint density at radius 1 is 0.584 bits per heavy atom. The number of aliphatic hydroxyl groups excluding tert-OH is 3. The molecule has 9 atom stereocenters. The molecule has 0 aliphatic carbocycles. The summed E-state index contributed by atoms with van der Waals surface area (Å²) in [6.07, 6.45) is 5.41. The maximum Gasteiger partial charge on any atom is 0.338 e. The van der Waals surface area contributed by atoms with Gasteiger partial charge in [-0.25, -0.2) is 9.59 Å². The Hall–Kier alpha value is -6.88. The Bertz CT molecular complexity index is 2560. The minimum Gasteiger partial charge on any atom is -0.458 e. The lowest BCUT2D eigenvalue weighted by molar-refractivity contribution is -0.167. The molecule has 6 aromatic carbocycles. The van der Waals surface area contributed by atoms with Gasteiger partial charge in [0.2, 0.25) is 0 Å². The fourth-order valence-electron chi connectivity index (χ4n) is 7.88. The maximum atomic E-state index is 12.2. The van der Waals surface area contributed by atoms with Crippen molar-refractivity contribution in [2.75, 3.05) is 33.5 Å². The molecule has 1 heterocycles. The molecule has 0 radical (unpaired) electrons. The molecule has 3 N–H and O–H groups in total. The van der Waals surface area contributed by atoms with Crippen molar-refractivity contribution in [2.45, 2.75) is 83.2 Å². The molecule has 408 valence electrons. The highest BCUT2D eigenvalue weighted by Gasteiger charge is 2.42. The van der Waals surface area contributed by atoms with E-state index in [1.54, 1.807) is 61.7 Å². The van der Waals surface area contributed by atoms with E-state index in [-0.39, 0.29) is 69.2 Å². The molecule has 0 aromatic heterocycles. The van der Waals surface area contributed by atoms with E-state index in [4.69, 9.17) is 37.9 Å². The monoisotopic (exact) mass is 1050 g/mol. The van der Waals surface area contributed by atoms with Gasteiger partial charge in [0, 0.05) is 18.9 Å². The topological polar surface area (TPSA) is 169 Å². The minimum absolute atomic E-state index is 0.00771. The summed E-state index contributed by atoms with van der Waals surface area (Å²) >= 11 is 0. The van der Waals surface area contributed by atoms with E-state index >= 15 is 0 Å². The number of benzene rings is 6. The van der Waals surface area contributed by atoms with Crippen molar-refractivity contribution in [3.63, 3.8) is 0 Å². The summed E-state index contributed by atoms with van der Waals surface area (Å²) in [4.78, 5) is 24.0. The quantitative estimate of drug-likeness (QED) is 0.0330. The Labute approximate surface area is 453 Å². The van der Waals surface area contributed by atoms with Gasteiger partial charge in [-0.1, -0.05) is 196 Å². The Balaban J connectivity index is 0.000000224. The van der Waals surface area contributed by atoms with E-state index < -0.39 is 37.2 Å². The lowest BCUT2D eigenvalue weighted by atomic mass is 10.0. The number of hydrogen-bond donors (Lipinski definition) is 3. The van der Waals surface area contributed by atoms with E-state index in [1.807, 2.05) is 172 Å². The number of methoxy groups -OCH3 is 1. The number of rotatable bonds is 27. The molecule has 77 heavy (non-hydrogen) atoms. The number of carbonyl (C=O) groups excluding carboxylic acids is 2. The average Bonchev–Trinajstić information content (AvgIpc) is 3.81. The van der Waals surface area contributed by atoms with Crippen LogP contribution in [0.15, 0.2) is 219 Å². The van der Waals surface area contributed by atoms with Crippen LogP contribution in [0.4, 0.5) is 0 Å². The van der Waals surface area contributed by atoms with Crippen LogP contribution < -0.4 is 0 Å². The van der Waals surface area contributed by atoms with Crippen LogP contribution in [0.2, 0.25) is 0 Å². The standard InChI is InChI=1S/C28H30O6.C22H24O3.C14H20O4/c29-19-25(30)27(34-21-23-13-6-2-7-14-23)26(33-20-22-11-4-1-5-12-22)17-10-18-32-28(31)24-15-8-3-9-16-24;1-3-21(25-17-19-12-6-4-7-13-19)18(2)11-10-16-24-22(23)20-14-8-5-9-15-20;1-10-12(8-15)18-14(16-2)13(10)17-9-11-6-4-3-5-7-11/h1-17,25-27,29-30H,18-21H2;3-15,18,21H,1,16-17H2,2H3;3-7,10,12-15H,8-9H2,1-2H3/b17-10-;11-10-;/t25-,26+,27-;18-,21+;10-,12-,13-,14-/m010/s1. The van der Waals surface area contributed by atoms with Gasteiger partial charge in [0.05, 0.1) is 63.0 Å². The van der Waals surface area contributed by atoms with E-state index in [1.165, 1.54) is 0 Å². The molecule has 13 nitrogen and oxygen atoms in total. The van der Waals surface area contributed by atoms with Gasteiger partial charge in [-0.2, -0.15) is 0 Å².